The number of nitrogens with one attached hydrogen (secondary N) is 1. The SMILES string of the molecule is COc1ccc(C(C)N(C)CC2CNCCO2)cc1OC. The molecule has 1 heterocycles. The summed E-state index contributed by atoms with van der Waals surface area (Å²) in [4.78, 5) is 2.30. The van der Waals surface area contributed by atoms with Crippen LogP contribution in [0.3, 0.4) is 0 Å². The van der Waals surface area contributed by atoms with Gasteiger partial charge in [0.1, 0.15) is 0 Å². The van der Waals surface area contributed by atoms with Crippen LogP contribution in [0.2, 0.25) is 0 Å². The molecule has 0 bridgehead atoms. The lowest BCUT2D eigenvalue weighted by molar-refractivity contribution is 0.00392. The molecule has 2 atom stereocenters. The quantitative estimate of drug-likeness (QED) is 0.865. The van der Waals surface area contributed by atoms with Crippen LogP contribution in [0.1, 0.15) is 18.5 Å². The summed E-state index contributed by atoms with van der Waals surface area (Å²) in [5.41, 5.74) is 1.21. The van der Waals surface area contributed by atoms with Gasteiger partial charge in [0.15, 0.2) is 11.5 Å². The minimum Gasteiger partial charge on any atom is -0.493 e. The van der Waals surface area contributed by atoms with Crippen LogP contribution in [0.4, 0.5) is 0 Å². The minimum atomic E-state index is 0.256. The van der Waals surface area contributed by atoms with Gasteiger partial charge in [-0.1, -0.05) is 6.07 Å². The van der Waals surface area contributed by atoms with E-state index in [-0.39, 0.29) is 12.1 Å². The van der Waals surface area contributed by atoms with E-state index in [1.165, 1.54) is 5.56 Å². The summed E-state index contributed by atoms with van der Waals surface area (Å²) in [7, 11) is 5.44. The number of hydrogen-bond donors (Lipinski definition) is 1. The average molecular weight is 294 g/mol. The lowest BCUT2D eigenvalue weighted by Crippen LogP contribution is -2.44. The Bertz CT molecular complexity index is 447. The van der Waals surface area contributed by atoms with Gasteiger partial charge in [0.25, 0.3) is 0 Å². The summed E-state index contributed by atoms with van der Waals surface area (Å²) in [6.45, 7) is 5.76. The van der Waals surface area contributed by atoms with Crippen molar-refractivity contribution in [2.75, 3.05) is 47.5 Å². The van der Waals surface area contributed by atoms with Crippen LogP contribution < -0.4 is 14.8 Å². The Morgan fingerprint density at radius 2 is 2.10 bits per heavy atom. The van der Waals surface area contributed by atoms with Gasteiger partial charge in [0, 0.05) is 25.7 Å². The Labute approximate surface area is 127 Å². The van der Waals surface area contributed by atoms with Crippen molar-refractivity contribution in [2.45, 2.75) is 19.1 Å². The molecular weight excluding hydrogens is 268 g/mol. The van der Waals surface area contributed by atoms with Crippen LogP contribution in [0.5, 0.6) is 11.5 Å². The molecule has 0 aromatic heterocycles. The number of likely N-dealkylation sites (N-methyl/N-ethyl adjacent to an activating group) is 1. The normalized spacial score (nSPS) is 20.3. The van der Waals surface area contributed by atoms with Crippen molar-refractivity contribution in [2.24, 2.45) is 0 Å². The first-order valence-electron chi connectivity index (χ1n) is 7.40. The predicted octanol–water partition coefficient (Wildman–Crippen LogP) is 1.68. The number of hydrogen-bond acceptors (Lipinski definition) is 5. The maximum absolute atomic E-state index is 5.77. The number of ether oxygens (including phenoxy) is 3. The summed E-state index contributed by atoms with van der Waals surface area (Å²) < 4.78 is 16.4. The van der Waals surface area contributed by atoms with Gasteiger partial charge in [-0.15, -0.1) is 0 Å². The second-order valence-corrected chi connectivity index (χ2v) is 5.43. The van der Waals surface area contributed by atoms with Gasteiger partial charge in [-0.2, -0.15) is 0 Å². The highest BCUT2D eigenvalue weighted by Crippen LogP contribution is 2.31. The molecule has 1 saturated heterocycles. The van der Waals surface area contributed by atoms with Gasteiger partial charge in [-0.3, -0.25) is 4.90 Å². The molecule has 0 spiro atoms. The first kappa shape index (κ1) is 16.1. The second-order valence-electron chi connectivity index (χ2n) is 5.43. The number of methoxy groups -OCH3 is 2. The summed E-state index contributed by atoms with van der Waals surface area (Å²) in [6, 6.07) is 6.37. The number of rotatable bonds is 6. The molecule has 0 radical (unpaired) electrons. The van der Waals surface area contributed by atoms with Crippen LogP contribution in [0, 0.1) is 0 Å². The molecular formula is C16H26N2O3. The highest BCUT2D eigenvalue weighted by atomic mass is 16.5. The van der Waals surface area contributed by atoms with E-state index in [2.05, 4.69) is 30.3 Å². The van der Waals surface area contributed by atoms with E-state index in [9.17, 15) is 0 Å². The van der Waals surface area contributed by atoms with Crippen molar-refractivity contribution < 1.29 is 14.2 Å². The third-order valence-electron chi connectivity index (χ3n) is 4.05. The fourth-order valence-electron chi connectivity index (χ4n) is 2.58. The van der Waals surface area contributed by atoms with Gasteiger partial charge in [-0.05, 0) is 31.7 Å². The van der Waals surface area contributed by atoms with Crippen LogP contribution in [-0.2, 0) is 4.74 Å². The van der Waals surface area contributed by atoms with Crippen LogP contribution in [-0.4, -0.2) is 58.5 Å². The molecule has 5 heteroatoms. The van der Waals surface area contributed by atoms with E-state index in [0.29, 0.717) is 0 Å². The minimum absolute atomic E-state index is 0.256. The molecule has 0 amide bonds. The van der Waals surface area contributed by atoms with E-state index >= 15 is 0 Å². The van der Waals surface area contributed by atoms with E-state index < -0.39 is 0 Å². The Morgan fingerprint density at radius 1 is 1.33 bits per heavy atom. The van der Waals surface area contributed by atoms with Crippen molar-refractivity contribution >= 4 is 0 Å². The van der Waals surface area contributed by atoms with Gasteiger partial charge in [0.2, 0.25) is 0 Å². The zero-order valence-corrected chi connectivity index (χ0v) is 13.4. The Hall–Kier alpha value is -1.30. The molecule has 0 aliphatic carbocycles. The van der Waals surface area contributed by atoms with Crippen LogP contribution in [0.15, 0.2) is 18.2 Å². The van der Waals surface area contributed by atoms with Crippen LogP contribution in [0.25, 0.3) is 0 Å². The summed E-state index contributed by atoms with van der Waals surface area (Å²) in [5.74, 6) is 1.53. The number of benzene rings is 1. The van der Waals surface area contributed by atoms with E-state index in [1.807, 2.05) is 12.1 Å². The van der Waals surface area contributed by atoms with Gasteiger partial charge < -0.3 is 19.5 Å². The summed E-state index contributed by atoms with van der Waals surface area (Å²) in [5, 5.41) is 3.36. The lowest BCUT2D eigenvalue weighted by atomic mass is 10.1. The lowest BCUT2D eigenvalue weighted by Gasteiger charge is -2.31. The van der Waals surface area contributed by atoms with Gasteiger partial charge in [0.05, 0.1) is 26.9 Å². The molecule has 2 rings (SSSR count). The highest BCUT2D eigenvalue weighted by Gasteiger charge is 2.20. The Balaban J connectivity index is 2.02. The monoisotopic (exact) mass is 294 g/mol. The third kappa shape index (κ3) is 4.09. The largest absolute Gasteiger partial charge is 0.493 e. The fourth-order valence-corrected chi connectivity index (χ4v) is 2.58. The van der Waals surface area contributed by atoms with Crippen molar-refractivity contribution in [3.05, 3.63) is 23.8 Å². The first-order valence-corrected chi connectivity index (χ1v) is 7.40. The topological polar surface area (TPSA) is 43.0 Å². The maximum Gasteiger partial charge on any atom is 0.161 e. The average Bonchev–Trinajstić information content (AvgIpc) is 2.54. The standard InChI is InChI=1S/C16H26N2O3/c1-12(18(2)11-14-10-17-7-8-21-14)13-5-6-15(19-3)16(9-13)20-4/h5-6,9,12,14,17H,7-8,10-11H2,1-4H3. The first-order chi connectivity index (χ1) is 10.2. The third-order valence-corrected chi connectivity index (χ3v) is 4.05. The second kappa shape index (κ2) is 7.64. The van der Waals surface area contributed by atoms with Gasteiger partial charge in [-0.25, -0.2) is 0 Å². The number of nitrogens with zero attached hydrogens (tertiary/aromatic N) is 1. The molecule has 1 aliphatic heterocycles. The summed E-state index contributed by atoms with van der Waals surface area (Å²) in [6.07, 6.45) is 0.256. The van der Waals surface area contributed by atoms with Gasteiger partial charge >= 0.3 is 0 Å². The number of morpholine rings is 1. The molecule has 0 saturated carbocycles. The van der Waals surface area contributed by atoms with E-state index in [0.717, 1.165) is 37.7 Å². The molecule has 21 heavy (non-hydrogen) atoms. The van der Waals surface area contributed by atoms with E-state index in [4.69, 9.17) is 14.2 Å². The molecule has 1 aromatic carbocycles. The molecule has 1 aromatic rings. The Morgan fingerprint density at radius 3 is 2.71 bits per heavy atom. The van der Waals surface area contributed by atoms with Crippen LogP contribution >= 0.6 is 0 Å². The fraction of sp³-hybridized carbons (Fsp3) is 0.625. The molecule has 1 fully saturated rings. The smallest absolute Gasteiger partial charge is 0.161 e. The molecule has 1 aliphatic rings. The van der Waals surface area contributed by atoms with E-state index in [1.54, 1.807) is 14.2 Å². The molecule has 118 valence electrons. The molecule has 1 N–H and O–H groups in total. The van der Waals surface area contributed by atoms with Crippen molar-refractivity contribution in [1.29, 1.82) is 0 Å². The predicted molar refractivity (Wildman–Crippen MR) is 83.2 cm³/mol. The van der Waals surface area contributed by atoms with Crippen molar-refractivity contribution in [3.8, 4) is 11.5 Å². The maximum atomic E-state index is 5.77. The molecule has 2 unspecified atom stereocenters. The highest BCUT2D eigenvalue weighted by molar-refractivity contribution is 5.43. The van der Waals surface area contributed by atoms with Crippen molar-refractivity contribution in [3.63, 3.8) is 0 Å². The molecule has 5 nitrogen and oxygen atoms in total. The Kier molecular flexibility index (Phi) is 5.85. The van der Waals surface area contributed by atoms with Crippen molar-refractivity contribution in [1.82, 2.24) is 10.2 Å². The summed E-state index contributed by atoms with van der Waals surface area (Å²) >= 11 is 0. The zero-order chi connectivity index (χ0) is 15.2. The zero-order valence-electron chi connectivity index (χ0n) is 13.4.